The van der Waals surface area contributed by atoms with Crippen LogP contribution < -0.4 is 0 Å². The van der Waals surface area contributed by atoms with Crippen LogP contribution in [0.4, 0.5) is 0 Å². The minimum atomic E-state index is -0.231. The lowest BCUT2D eigenvalue weighted by Gasteiger charge is -2.34. The Morgan fingerprint density at radius 2 is 1.83 bits per heavy atom. The molecule has 0 bridgehead atoms. The minimum absolute atomic E-state index is 0.0347. The average Bonchev–Trinajstić information content (AvgIpc) is 3.30. The molecule has 1 unspecified atom stereocenters. The Labute approximate surface area is 176 Å². The van der Waals surface area contributed by atoms with Gasteiger partial charge in [-0.1, -0.05) is 0 Å². The monoisotopic (exact) mass is 417 g/mol. The van der Waals surface area contributed by atoms with E-state index < -0.39 is 0 Å². The van der Waals surface area contributed by atoms with E-state index in [1.165, 1.54) is 0 Å². The van der Waals surface area contributed by atoms with E-state index in [9.17, 15) is 14.4 Å². The second-order valence-electron chi connectivity index (χ2n) is 8.64. The molecule has 1 aromatic heterocycles. The Balaban J connectivity index is 1.27. The molecule has 0 radical (unpaired) electrons. The summed E-state index contributed by atoms with van der Waals surface area (Å²) in [6.45, 7) is 6.87. The summed E-state index contributed by atoms with van der Waals surface area (Å²) in [5.41, 5.74) is 1.54. The SMILES string of the molecule is Cc1c(C(=O)N2CCC(CN3CC(C(=O)N4CCOCC4)CC3=O)CC2)cnn1C. The van der Waals surface area contributed by atoms with Gasteiger partial charge in [-0.05, 0) is 25.7 Å². The van der Waals surface area contributed by atoms with Crippen molar-refractivity contribution in [3.8, 4) is 0 Å². The number of piperidine rings is 1. The first-order chi connectivity index (χ1) is 14.4. The first-order valence-corrected chi connectivity index (χ1v) is 10.9. The van der Waals surface area contributed by atoms with Gasteiger partial charge in [0.25, 0.3) is 5.91 Å². The van der Waals surface area contributed by atoms with Gasteiger partial charge in [0, 0.05) is 58.4 Å². The molecule has 9 nitrogen and oxygen atoms in total. The fourth-order valence-electron chi connectivity index (χ4n) is 4.67. The Kier molecular flexibility index (Phi) is 6.08. The zero-order valence-electron chi connectivity index (χ0n) is 17.9. The first-order valence-electron chi connectivity index (χ1n) is 10.9. The highest BCUT2D eigenvalue weighted by molar-refractivity contribution is 5.95. The van der Waals surface area contributed by atoms with E-state index in [0.29, 0.717) is 70.4 Å². The quantitative estimate of drug-likeness (QED) is 0.703. The van der Waals surface area contributed by atoms with Gasteiger partial charge >= 0.3 is 0 Å². The van der Waals surface area contributed by atoms with Crippen molar-refractivity contribution in [3.63, 3.8) is 0 Å². The number of aromatic nitrogens is 2. The molecule has 3 aliphatic heterocycles. The standard InChI is InChI=1S/C21H31N5O4/c1-15-18(12-22-23(15)2)21(29)24-5-3-16(4-6-24)13-26-14-17(11-19(26)27)20(28)25-7-9-30-10-8-25/h12,16-17H,3-11,13-14H2,1-2H3. The molecule has 164 valence electrons. The van der Waals surface area contributed by atoms with Crippen LogP contribution in [0.5, 0.6) is 0 Å². The summed E-state index contributed by atoms with van der Waals surface area (Å²) in [6.07, 6.45) is 3.69. The third-order valence-corrected chi connectivity index (χ3v) is 6.73. The van der Waals surface area contributed by atoms with Crippen LogP contribution in [0.1, 0.15) is 35.3 Å². The van der Waals surface area contributed by atoms with Gasteiger partial charge in [0.15, 0.2) is 0 Å². The highest BCUT2D eigenvalue weighted by Gasteiger charge is 2.38. The number of ether oxygens (including phenoxy) is 1. The Morgan fingerprint density at radius 3 is 2.47 bits per heavy atom. The Bertz CT molecular complexity index is 808. The van der Waals surface area contributed by atoms with E-state index in [-0.39, 0.29) is 23.6 Å². The Morgan fingerprint density at radius 1 is 1.13 bits per heavy atom. The van der Waals surface area contributed by atoms with Crippen molar-refractivity contribution in [2.45, 2.75) is 26.2 Å². The summed E-state index contributed by atoms with van der Waals surface area (Å²) in [5.74, 6) is 0.330. The van der Waals surface area contributed by atoms with Crippen molar-refractivity contribution in [2.75, 3.05) is 52.5 Å². The lowest BCUT2D eigenvalue weighted by molar-refractivity contribution is -0.139. The van der Waals surface area contributed by atoms with Crippen LogP contribution in [0, 0.1) is 18.8 Å². The maximum Gasteiger partial charge on any atom is 0.257 e. The number of nitrogens with zero attached hydrogens (tertiary/aromatic N) is 5. The van der Waals surface area contributed by atoms with Crippen molar-refractivity contribution in [2.24, 2.45) is 18.9 Å². The molecule has 1 aromatic rings. The van der Waals surface area contributed by atoms with Crippen molar-refractivity contribution in [1.82, 2.24) is 24.5 Å². The molecular weight excluding hydrogens is 386 g/mol. The molecule has 4 rings (SSSR count). The van der Waals surface area contributed by atoms with Crippen LogP contribution in [0.3, 0.4) is 0 Å². The van der Waals surface area contributed by atoms with Gasteiger partial charge in [-0.25, -0.2) is 0 Å². The van der Waals surface area contributed by atoms with Gasteiger partial charge < -0.3 is 19.4 Å². The topological polar surface area (TPSA) is 88.0 Å². The van der Waals surface area contributed by atoms with Gasteiger partial charge in [0.2, 0.25) is 11.8 Å². The van der Waals surface area contributed by atoms with Crippen LogP contribution in [0.25, 0.3) is 0 Å². The highest BCUT2D eigenvalue weighted by Crippen LogP contribution is 2.26. The predicted molar refractivity (Wildman–Crippen MR) is 109 cm³/mol. The molecule has 30 heavy (non-hydrogen) atoms. The summed E-state index contributed by atoms with van der Waals surface area (Å²) in [7, 11) is 1.84. The van der Waals surface area contributed by atoms with Crippen LogP contribution in [-0.2, 0) is 21.4 Å². The number of aryl methyl sites for hydroxylation is 1. The average molecular weight is 418 g/mol. The third kappa shape index (κ3) is 4.21. The molecule has 0 saturated carbocycles. The summed E-state index contributed by atoms with van der Waals surface area (Å²) in [5, 5.41) is 4.17. The molecule has 0 spiro atoms. The van der Waals surface area contributed by atoms with Crippen molar-refractivity contribution < 1.29 is 19.1 Å². The molecule has 1 atom stereocenters. The van der Waals surface area contributed by atoms with Crippen LogP contribution in [-0.4, -0.2) is 94.7 Å². The third-order valence-electron chi connectivity index (χ3n) is 6.73. The van der Waals surface area contributed by atoms with Gasteiger partial charge in [0.1, 0.15) is 0 Å². The zero-order valence-corrected chi connectivity index (χ0v) is 17.9. The Hall–Kier alpha value is -2.42. The van der Waals surface area contributed by atoms with Crippen molar-refractivity contribution >= 4 is 17.7 Å². The second kappa shape index (κ2) is 8.75. The lowest BCUT2D eigenvalue weighted by Crippen LogP contribution is -2.45. The molecule has 0 aliphatic carbocycles. The number of likely N-dealkylation sites (tertiary alicyclic amines) is 2. The number of hydrogen-bond acceptors (Lipinski definition) is 5. The molecule has 0 aromatic carbocycles. The highest BCUT2D eigenvalue weighted by atomic mass is 16.5. The van der Waals surface area contributed by atoms with Crippen molar-refractivity contribution in [1.29, 1.82) is 0 Å². The molecule has 3 saturated heterocycles. The number of carbonyl (C=O) groups is 3. The molecular formula is C21H31N5O4. The van der Waals surface area contributed by atoms with Gasteiger partial charge in [-0.2, -0.15) is 5.10 Å². The molecule has 3 fully saturated rings. The van der Waals surface area contributed by atoms with E-state index >= 15 is 0 Å². The van der Waals surface area contributed by atoms with Crippen molar-refractivity contribution in [3.05, 3.63) is 17.5 Å². The number of hydrogen-bond donors (Lipinski definition) is 0. The first kappa shape index (κ1) is 20.8. The maximum absolute atomic E-state index is 12.8. The fourth-order valence-corrected chi connectivity index (χ4v) is 4.67. The summed E-state index contributed by atoms with van der Waals surface area (Å²) in [4.78, 5) is 43.5. The second-order valence-corrected chi connectivity index (χ2v) is 8.64. The van der Waals surface area contributed by atoms with Crippen LogP contribution in [0.15, 0.2) is 6.20 Å². The smallest absolute Gasteiger partial charge is 0.257 e. The molecule has 3 aliphatic rings. The van der Waals surface area contributed by atoms with Gasteiger partial charge in [-0.3, -0.25) is 19.1 Å². The normalized spacial score (nSPS) is 23.3. The predicted octanol–water partition coefficient (Wildman–Crippen LogP) is 0.288. The van der Waals surface area contributed by atoms with Crippen LogP contribution >= 0.6 is 0 Å². The maximum atomic E-state index is 12.8. The van der Waals surface area contributed by atoms with E-state index in [1.54, 1.807) is 10.9 Å². The van der Waals surface area contributed by atoms with Gasteiger partial charge in [-0.15, -0.1) is 0 Å². The van der Waals surface area contributed by atoms with E-state index in [2.05, 4.69) is 5.10 Å². The summed E-state index contributed by atoms with van der Waals surface area (Å²) < 4.78 is 7.03. The number of rotatable bonds is 4. The lowest BCUT2D eigenvalue weighted by atomic mass is 9.95. The van der Waals surface area contributed by atoms with Crippen LogP contribution in [0.2, 0.25) is 0 Å². The molecule has 4 heterocycles. The fraction of sp³-hybridized carbons (Fsp3) is 0.714. The zero-order chi connectivity index (χ0) is 21.3. The molecule has 0 N–H and O–H groups in total. The number of morpholine rings is 1. The number of carbonyl (C=O) groups excluding carboxylic acids is 3. The summed E-state index contributed by atoms with van der Waals surface area (Å²) in [6, 6.07) is 0. The largest absolute Gasteiger partial charge is 0.378 e. The molecule has 9 heteroatoms. The van der Waals surface area contributed by atoms with E-state index in [0.717, 1.165) is 18.5 Å². The molecule has 3 amide bonds. The van der Waals surface area contributed by atoms with E-state index in [1.807, 2.05) is 28.7 Å². The number of amides is 3. The van der Waals surface area contributed by atoms with E-state index in [4.69, 9.17) is 4.74 Å². The van der Waals surface area contributed by atoms with Gasteiger partial charge in [0.05, 0.1) is 30.9 Å². The minimum Gasteiger partial charge on any atom is -0.378 e. The summed E-state index contributed by atoms with van der Waals surface area (Å²) >= 11 is 0.